The van der Waals surface area contributed by atoms with Gasteiger partial charge in [0, 0.05) is 16.6 Å². The standard InChI is InChI=1S/C9H8BrF2N/c10-8-3-1-2-7-6(8)4-13-5-9(7,11)12/h1-3,13H,4-5H2. The topological polar surface area (TPSA) is 12.0 Å². The van der Waals surface area contributed by atoms with Crippen LogP contribution in [0.2, 0.25) is 0 Å². The van der Waals surface area contributed by atoms with E-state index in [1.165, 1.54) is 6.07 Å². The summed E-state index contributed by atoms with van der Waals surface area (Å²) in [6.07, 6.45) is 0. The van der Waals surface area contributed by atoms with Crippen molar-refractivity contribution in [3.63, 3.8) is 0 Å². The molecule has 70 valence electrons. The first-order valence-electron chi connectivity index (χ1n) is 3.98. The third-order valence-electron chi connectivity index (χ3n) is 2.16. The van der Waals surface area contributed by atoms with E-state index in [0.717, 1.165) is 4.47 Å². The maximum Gasteiger partial charge on any atom is 0.285 e. The Morgan fingerprint density at radius 1 is 1.38 bits per heavy atom. The summed E-state index contributed by atoms with van der Waals surface area (Å²) in [4.78, 5) is 0. The molecule has 4 heteroatoms. The molecule has 0 fully saturated rings. The molecule has 1 aliphatic heterocycles. The fraction of sp³-hybridized carbons (Fsp3) is 0.333. The number of halogens is 3. The van der Waals surface area contributed by atoms with Crippen LogP contribution in [-0.4, -0.2) is 6.54 Å². The van der Waals surface area contributed by atoms with Gasteiger partial charge in [-0.2, -0.15) is 8.78 Å². The minimum atomic E-state index is -2.74. The van der Waals surface area contributed by atoms with E-state index >= 15 is 0 Å². The minimum absolute atomic E-state index is 0.139. The van der Waals surface area contributed by atoms with Crippen molar-refractivity contribution in [2.45, 2.75) is 12.5 Å². The Bertz CT molecular complexity index is 338. The number of nitrogens with one attached hydrogen (secondary N) is 1. The molecule has 2 rings (SSSR count). The molecule has 1 aromatic carbocycles. The molecule has 1 aromatic rings. The largest absolute Gasteiger partial charge is 0.307 e. The third-order valence-corrected chi connectivity index (χ3v) is 2.90. The Balaban J connectivity index is 2.58. The Kier molecular flexibility index (Phi) is 2.12. The molecule has 0 aromatic heterocycles. The summed E-state index contributed by atoms with van der Waals surface area (Å²) in [5.74, 6) is -2.74. The number of benzene rings is 1. The van der Waals surface area contributed by atoms with Gasteiger partial charge in [0.15, 0.2) is 0 Å². The Morgan fingerprint density at radius 3 is 2.85 bits per heavy atom. The van der Waals surface area contributed by atoms with Crippen molar-refractivity contribution in [3.05, 3.63) is 33.8 Å². The van der Waals surface area contributed by atoms with Crippen LogP contribution in [0, 0.1) is 0 Å². The first-order valence-corrected chi connectivity index (χ1v) is 4.77. The second-order valence-electron chi connectivity index (χ2n) is 3.07. The van der Waals surface area contributed by atoms with Crippen LogP contribution in [0.4, 0.5) is 8.78 Å². The molecule has 0 saturated carbocycles. The van der Waals surface area contributed by atoms with Gasteiger partial charge in [-0.05, 0) is 11.6 Å². The lowest BCUT2D eigenvalue weighted by Crippen LogP contribution is -2.36. The molecule has 0 radical (unpaired) electrons. The predicted molar refractivity (Wildman–Crippen MR) is 49.7 cm³/mol. The quantitative estimate of drug-likeness (QED) is 0.744. The fourth-order valence-electron chi connectivity index (χ4n) is 1.52. The first kappa shape index (κ1) is 9.09. The van der Waals surface area contributed by atoms with Crippen LogP contribution in [0.5, 0.6) is 0 Å². The highest BCUT2D eigenvalue weighted by molar-refractivity contribution is 9.10. The van der Waals surface area contributed by atoms with Gasteiger partial charge in [0.2, 0.25) is 0 Å². The summed E-state index contributed by atoms with van der Waals surface area (Å²) < 4.78 is 27.3. The molecule has 1 aliphatic rings. The van der Waals surface area contributed by atoms with Crippen LogP contribution in [0.1, 0.15) is 11.1 Å². The monoisotopic (exact) mass is 247 g/mol. The normalized spacial score (nSPS) is 19.6. The predicted octanol–water partition coefficient (Wildman–Crippen LogP) is 2.64. The number of rotatable bonds is 0. The summed E-state index contributed by atoms with van der Waals surface area (Å²) in [6, 6.07) is 4.91. The maximum absolute atomic E-state index is 13.3. The van der Waals surface area contributed by atoms with Crippen LogP contribution >= 0.6 is 15.9 Å². The van der Waals surface area contributed by atoms with Gasteiger partial charge in [0.05, 0.1) is 6.54 Å². The molecule has 0 aliphatic carbocycles. The average Bonchev–Trinajstić information content (AvgIpc) is 2.06. The van der Waals surface area contributed by atoms with Crippen molar-refractivity contribution in [3.8, 4) is 0 Å². The highest BCUT2D eigenvalue weighted by Crippen LogP contribution is 2.35. The molecule has 0 atom stereocenters. The molecular weight excluding hydrogens is 240 g/mol. The van der Waals surface area contributed by atoms with E-state index < -0.39 is 5.92 Å². The summed E-state index contributed by atoms with van der Waals surface area (Å²) >= 11 is 3.26. The molecule has 13 heavy (non-hydrogen) atoms. The van der Waals surface area contributed by atoms with E-state index in [4.69, 9.17) is 0 Å². The summed E-state index contributed by atoms with van der Waals surface area (Å²) in [6.45, 7) is 0.239. The van der Waals surface area contributed by atoms with Crippen LogP contribution < -0.4 is 5.32 Å². The third kappa shape index (κ3) is 1.48. The van der Waals surface area contributed by atoms with Crippen molar-refractivity contribution in [1.29, 1.82) is 0 Å². The summed E-state index contributed by atoms with van der Waals surface area (Å²) in [7, 11) is 0. The van der Waals surface area contributed by atoms with E-state index in [0.29, 0.717) is 12.1 Å². The van der Waals surface area contributed by atoms with Gasteiger partial charge < -0.3 is 5.32 Å². The minimum Gasteiger partial charge on any atom is -0.307 e. The molecule has 0 saturated heterocycles. The molecule has 1 nitrogen and oxygen atoms in total. The van der Waals surface area contributed by atoms with Crippen LogP contribution in [0.3, 0.4) is 0 Å². The van der Waals surface area contributed by atoms with E-state index in [-0.39, 0.29) is 12.1 Å². The fourth-order valence-corrected chi connectivity index (χ4v) is 2.03. The molecule has 0 spiro atoms. The van der Waals surface area contributed by atoms with Gasteiger partial charge in [-0.3, -0.25) is 0 Å². The average molecular weight is 248 g/mol. The zero-order chi connectivity index (χ0) is 9.47. The van der Waals surface area contributed by atoms with Crippen molar-refractivity contribution in [1.82, 2.24) is 5.32 Å². The van der Waals surface area contributed by atoms with Crippen molar-refractivity contribution >= 4 is 15.9 Å². The molecule has 0 amide bonds. The van der Waals surface area contributed by atoms with Crippen LogP contribution in [-0.2, 0) is 12.5 Å². The number of hydrogen-bond acceptors (Lipinski definition) is 1. The van der Waals surface area contributed by atoms with Crippen LogP contribution in [0.25, 0.3) is 0 Å². The lowest BCUT2D eigenvalue weighted by atomic mass is 9.98. The van der Waals surface area contributed by atoms with Crippen LogP contribution in [0.15, 0.2) is 22.7 Å². The molecule has 1 N–H and O–H groups in total. The summed E-state index contributed by atoms with van der Waals surface area (Å²) in [5, 5.41) is 2.69. The smallest absolute Gasteiger partial charge is 0.285 e. The van der Waals surface area contributed by atoms with E-state index in [1.807, 2.05) is 0 Å². The summed E-state index contributed by atoms with van der Waals surface area (Å²) in [5.41, 5.74) is 0.805. The van der Waals surface area contributed by atoms with Gasteiger partial charge in [-0.25, -0.2) is 0 Å². The Hall–Kier alpha value is -0.480. The van der Waals surface area contributed by atoms with E-state index in [1.54, 1.807) is 12.1 Å². The molecule has 1 heterocycles. The van der Waals surface area contributed by atoms with Gasteiger partial charge in [-0.15, -0.1) is 0 Å². The zero-order valence-electron chi connectivity index (χ0n) is 6.78. The van der Waals surface area contributed by atoms with Crippen molar-refractivity contribution < 1.29 is 8.78 Å². The Labute approximate surface area is 83.3 Å². The second-order valence-corrected chi connectivity index (χ2v) is 3.93. The van der Waals surface area contributed by atoms with Crippen molar-refractivity contribution in [2.75, 3.05) is 6.54 Å². The van der Waals surface area contributed by atoms with Crippen molar-refractivity contribution in [2.24, 2.45) is 0 Å². The lowest BCUT2D eigenvalue weighted by molar-refractivity contribution is -0.0109. The van der Waals surface area contributed by atoms with Gasteiger partial charge in [0.25, 0.3) is 5.92 Å². The first-order chi connectivity index (χ1) is 6.11. The Morgan fingerprint density at radius 2 is 2.15 bits per heavy atom. The zero-order valence-corrected chi connectivity index (χ0v) is 8.37. The highest BCUT2D eigenvalue weighted by Gasteiger charge is 2.36. The molecular formula is C9H8BrF2N. The lowest BCUT2D eigenvalue weighted by Gasteiger charge is -2.26. The second kappa shape index (κ2) is 3.03. The number of hydrogen-bond donors (Lipinski definition) is 1. The van der Waals surface area contributed by atoms with E-state index in [2.05, 4.69) is 21.2 Å². The number of fused-ring (bicyclic) bond motifs is 1. The maximum atomic E-state index is 13.3. The molecule has 0 unspecified atom stereocenters. The number of alkyl halides is 2. The van der Waals surface area contributed by atoms with Gasteiger partial charge in [-0.1, -0.05) is 28.1 Å². The highest BCUT2D eigenvalue weighted by atomic mass is 79.9. The molecule has 0 bridgehead atoms. The van der Waals surface area contributed by atoms with E-state index in [9.17, 15) is 8.78 Å². The SMILES string of the molecule is FC1(F)CNCc2c(Br)cccc21. The van der Waals surface area contributed by atoms with Gasteiger partial charge >= 0.3 is 0 Å². The van der Waals surface area contributed by atoms with Gasteiger partial charge in [0.1, 0.15) is 0 Å².